The summed E-state index contributed by atoms with van der Waals surface area (Å²) in [4.78, 5) is 4.33. The molecule has 2 unspecified atom stereocenters. The summed E-state index contributed by atoms with van der Waals surface area (Å²) in [5.74, 6) is -0.436. The van der Waals surface area contributed by atoms with Gasteiger partial charge >= 0.3 is 0 Å². The molecule has 1 heterocycles. The van der Waals surface area contributed by atoms with Gasteiger partial charge in [-0.2, -0.15) is 0 Å². The Hall–Kier alpha value is -1.82. The van der Waals surface area contributed by atoms with Crippen molar-refractivity contribution < 1.29 is 9.60 Å². The second kappa shape index (κ2) is 5.66. The van der Waals surface area contributed by atoms with Crippen LogP contribution in [0.25, 0.3) is 0 Å². The molecule has 2 atom stereocenters. The van der Waals surface area contributed by atoms with Gasteiger partial charge in [-0.1, -0.05) is 5.16 Å². The molecule has 1 saturated heterocycles. The highest BCUT2D eigenvalue weighted by molar-refractivity contribution is 5.97. The Kier molecular flexibility index (Phi) is 4.13. The molecule has 1 aliphatic heterocycles. The number of rotatable bonds is 2. The number of halogens is 1. The number of amidine groups is 1. The second-order valence-corrected chi connectivity index (χ2v) is 5.42. The number of oxime groups is 1. The van der Waals surface area contributed by atoms with Crippen LogP contribution < -0.4 is 10.6 Å². The van der Waals surface area contributed by atoms with Gasteiger partial charge in [0.05, 0.1) is 5.69 Å². The molecule has 5 nitrogen and oxygen atoms in total. The molecule has 6 heteroatoms. The van der Waals surface area contributed by atoms with Crippen LogP contribution in [-0.2, 0) is 0 Å². The van der Waals surface area contributed by atoms with Gasteiger partial charge in [0, 0.05) is 30.7 Å². The zero-order valence-electron chi connectivity index (χ0n) is 12.0. The van der Waals surface area contributed by atoms with Crippen molar-refractivity contribution in [2.45, 2.75) is 25.9 Å². The van der Waals surface area contributed by atoms with Gasteiger partial charge < -0.3 is 15.8 Å². The van der Waals surface area contributed by atoms with Crippen molar-refractivity contribution in [2.75, 3.05) is 25.0 Å². The summed E-state index contributed by atoms with van der Waals surface area (Å²) in [7, 11) is 2.09. The van der Waals surface area contributed by atoms with Gasteiger partial charge in [0.1, 0.15) is 5.82 Å². The molecule has 0 saturated carbocycles. The second-order valence-electron chi connectivity index (χ2n) is 5.42. The van der Waals surface area contributed by atoms with E-state index in [2.05, 4.69) is 31.0 Å². The number of anilines is 1. The third-order valence-electron chi connectivity index (χ3n) is 4.05. The van der Waals surface area contributed by atoms with Crippen LogP contribution in [0.1, 0.15) is 19.4 Å². The maximum Gasteiger partial charge on any atom is 0.170 e. The molecule has 1 aromatic carbocycles. The van der Waals surface area contributed by atoms with E-state index < -0.39 is 0 Å². The average molecular weight is 280 g/mol. The molecule has 1 aromatic rings. The predicted octanol–water partition coefficient (Wildman–Crippen LogP) is 1.45. The van der Waals surface area contributed by atoms with Crippen molar-refractivity contribution in [3.63, 3.8) is 0 Å². The lowest BCUT2D eigenvalue weighted by molar-refractivity contribution is 0.169. The van der Waals surface area contributed by atoms with E-state index in [9.17, 15) is 4.39 Å². The smallest absolute Gasteiger partial charge is 0.170 e. The van der Waals surface area contributed by atoms with Gasteiger partial charge in [-0.05, 0) is 39.1 Å². The molecular weight excluding hydrogens is 259 g/mol. The Labute approximate surface area is 118 Å². The van der Waals surface area contributed by atoms with Crippen LogP contribution >= 0.6 is 0 Å². The summed E-state index contributed by atoms with van der Waals surface area (Å²) in [5, 5.41) is 11.5. The normalized spacial score (nSPS) is 25.0. The lowest BCUT2D eigenvalue weighted by atomic mass is 10.1. The molecule has 0 bridgehead atoms. The Bertz CT molecular complexity index is 508. The van der Waals surface area contributed by atoms with E-state index in [4.69, 9.17) is 10.9 Å². The molecule has 0 amide bonds. The number of hydrogen-bond donors (Lipinski definition) is 2. The van der Waals surface area contributed by atoms with E-state index in [0.717, 1.165) is 13.1 Å². The van der Waals surface area contributed by atoms with Gasteiger partial charge in [-0.15, -0.1) is 0 Å². The largest absolute Gasteiger partial charge is 0.409 e. The van der Waals surface area contributed by atoms with Gasteiger partial charge in [-0.3, -0.25) is 4.90 Å². The zero-order chi connectivity index (χ0) is 14.9. The first-order valence-corrected chi connectivity index (χ1v) is 6.68. The Morgan fingerprint density at radius 1 is 1.35 bits per heavy atom. The van der Waals surface area contributed by atoms with Crippen LogP contribution in [0.15, 0.2) is 23.4 Å². The fourth-order valence-corrected chi connectivity index (χ4v) is 2.58. The van der Waals surface area contributed by atoms with Crippen LogP contribution in [0, 0.1) is 5.82 Å². The van der Waals surface area contributed by atoms with Gasteiger partial charge in [0.25, 0.3) is 0 Å². The van der Waals surface area contributed by atoms with Crippen molar-refractivity contribution in [3.05, 3.63) is 29.6 Å². The van der Waals surface area contributed by atoms with Crippen molar-refractivity contribution in [2.24, 2.45) is 10.9 Å². The van der Waals surface area contributed by atoms with Gasteiger partial charge in [0.2, 0.25) is 0 Å². The molecule has 2 rings (SSSR count). The summed E-state index contributed by atoms with van der Waals surface area (Å²) in [6.45, 7) is 5.82. The summed E-state index contributed by atoms with van der Waals surface area (Å²) < 4.78 is 14.2. The number of hydrogen-bond acceptors (Lipinski definition) is 4. The molecule has 1 aliphatic rings. The molecule has 0 spiro atoms. The molecule has 0 aliphatic carbocycles. The van der Waals surface area contributed by atoms with Crippen molar-refractivity contribution >= 4 is 11.5 Å². The molecule has 0 radical (unpaired) electrons. The third kappa shape index (κ3) is 2.70. The first-order chi connectivity index (χ1) is 9.43. The van der Waals surface area contributed by atoms with Crippen molar-refractivity contribution in [3.8, 4) is 0 Å². The minimum absolute atomic E-state index is 0.0874. The fraction of sp³-hybridized carbons (Fsp3) is 0.500. The quantitative estimate of drug-likeness (QED) is 0.372. The van der Waals surface area contributed by atoms with Crippen LogP contribution in [-0.4, -0.2) is 48.2 Å². The molecule has 110 valence electrons. The monoisotopic (exact) mass is 280 g/mol. The summed E-state index contributed by atoms with van der Waals surface area (Å²) in [5.41, 5.74) is 6.41. The van der Waals surface area contributed by atoms with E-state index in [-0.39, 0.29) is 11.7 Å². The van der Waals surface area contributed by atoms with E-state index in [1.807, 2.05) is 4.90 Å². The minimum atomic E-state index is -0.349. The standard InChI is InChI=1S/C14H21FN4O/c1-9-7-19(8-10(2)18(9)3)13-5-4-11(6-12(13)15)14(16)17-20/h4-6,9-10,20H,7-8H2,1-3H3,(H2,16,17). The van der Waals surface area contributed by atoms with E-state index >= 15 is 0 Å². The van der Waals surface area contributed by atoms with E-state index in [0.29, 0.717) is 23.3 Å². The summed E-state index contributed by atoms with van der Waals surface area (Å²) in [6.07, 6.45) is 0. The maximum absolute atomic E-state index is 14.2. The lowest BCUT2D eigenvalue weighted by Crippen LogP contribution is -2.55. The predicted molar refractivity (Wildman–Crippen MR) is 77.8 cm³/mol. The summed E-state index contributed by atoms with van der Waals surface area (Å²) >= 11 is 0. The number of nitrogens with two attached hydrogens (primary N) is 1. The molecular formula is C14H21FN4O. The number of nitrogens with zero attached hydrogens (tertiary/aromatic N) is 3. The van der Waals surface area contributed by atoms with Gasteiger partial charge in [0.15, 0.2) is 5.84 Å². The molecule has 0 aromatic heterocycles. The van der Waals surface area contributed by atoms with Crippen LogP contribution in [0.3, 0.4) is 0 Å². The highest BCUT2D eigenvalue weighted by atomic mass is 19.1. The fourth-order valence-electron chi connectivity index (χ4n) is 2.58. The lowest BCUT2D eigenvalue weighted by Gasteiger charge is -2.43. The summed E-state index contributed by atoms with van der Waals surface area (Å²) in [6, 6.07) is 5.39. The van der Waals surface area contributed by atoms with Crippen LogP contribution in [0.2, 0.25) is 0 Å². The van der Waals surface area contributed by atoms with Crippen molar-refractivity contribution in [1.29, 1.82) is 0 Å². The topological polar surface area (TPSA) is 65.1 Å². The first kappa shape index (κ1) is 14.6. The number of piperazine rings is 1. The molecule has 20 heavy (non-hydrogen) atoms. The van der Waals surface area contributed by atoms with Gasteiger partial charge in [-0.25, -0.2) is 4.39 Å². The number of benzene rings is 1. The highest BCUT2D eigenvalue weighted by Crippen LogP contribution is 2.25. The van der Waals surface area contributed by atoms with Crippen LogP contribution in [0.5, 0.6) is 0 Å². The average Bonchev–Trinajstić information content (AvgIpc) is 2.43. The molecule has 1 fully saturated rings. The Balaban J connectivity index is 2.25. The third-order valence-corrected chi connectivity index (χ3v) is 4.05. The van der Waals surface area contributed by atoms with E-state index in [1.54, 1.807) is 12.1 Å². The van der Waals surface area contributed by atoms with Crippen molar-refractivity contribution in [1.82, 2.24) is 4.90 Å². The SMILES string of the molecule is CC1CN(c2ccc(/C(N)=N/O)cc2F)CC(C)N1C. The molecule has 3 N–H and O–H groups in total. The Morgan fingerprint density at radius 2 is 1.95 bits per heavy atom. The first-order valence-electron chi connectivity index (χ1n) is 6.68. The highest BCUT2D eigenvalue weighted by Gasteiger charge is 2.27. The Morgan fingerprint density at radius 3 is 2.45 bits per heavy atom. The zero-order valence-corrected chi connectivity index (χ0v) is 12.0. The maximum atomic E-state index is 14.2. The minimum Gasteiger partial charge on any atom is -0.409 e. The van der Waals surface area contributed by atoms with Crippen LogP contribution in [0.4, 0.5) is 10.1 Å². The van der Waals surface area contributed by atoms with E-state index in [1.165, 1.54) is 6.07 Å². The number of likely N-dealkylation sites (N-methyl/N-ethyl adjacent to an activating group) is 1.